The SMILES string of the molecule is Cc1cc(-c2nc3ccc(F)cc3n2-c2cccc3c2OC[C@H]3N(C(=O)C(F)(F)F)c2ccc3c(c2)OC[C@H]3C(C)C(=O)O)no1. The Morgan fingerprint density at radius 1 is 1.04 bits per heavy atom. The second-order valence-electron chi connectivity index (χ2n) is 11.2. The number of amides is 1. The number of aromatic nitrogens is 3. The molecule has 4 heterocycles. The number of imidazole rings is 1. The van der Waals surface area contributed by atoms with Gasteiger partial charge in [0.2, 0.25) is 0 Å². The van der Waals surface area contributed by atoms with E-state index in [0.717, 1.165) is 0 Å². The van der Waals surface area contributed by atoms with Crippen LogP contribution in [-0.2, 0) is 9.59 Å². The van der Waals surface area contributed by atoms with Crippen LogP contribution in [0, 0.1) is 18.7 Å². The van der Waals surface area contributed by atoms with E-state index in [4.69, 9.17) is 14.0 Å². The molecule has 1 N–H and O–H groups in total. The number of nitrogens with zero attached hydrogens (tertiary/aromatic N) is 4. The summed E-state index contributed by atoms with van der Waals surface area (Å²) in [6.45, 7) is 2.92. The summed E-state index contributed by atoms with van der Waals surface area (Å²) in [6.07, 6.45) is -5.24. The van der Waals surface area contributed by atoms with Crippen molar-refractivity contribution in [3.05, 3.63) is 83.4 Å². The molecule has 2 aliphatic heterocycles. The van der Waals surface area contributed by atoms with E-state index in [1.165, 1.54) is 43.3 Å². The predicted molar refractivity (Wildman–Crippen MR) is 155 cm³/mol. The summed E-state index contributed by atoms with van der Waals surface area (Å²) in [5, 5.41) is 13.5. The van der Waals surface area contributed by atoms with E-state index in [0.29, 0.717) is 38.6 Å². The number of rotatable bonds is 6. The van der Waals surface area contributed by atoms with Gasteiger partial charge in [0.05, 0.1) is 35.3 Å². The maximum absolute atomic E-state index is 14.5. The van der Waals surface area contributed by atoms with E-state index in [-0.39, 0.29) is 41.8 Å². The Morgan fingerprint density at radius 2 is 1.85 bits per heavy atom. The Labute approximate surface area is 257 Å². The van der Waals surface area contributed by atoms with E-state index in [1.807, 2.05) is 0 Å². The lowest BCUT2D eigenvalue weighted by Gasteiger charge is -2.29. The third kappa shape index (κ3) is 4.71. The second-order valence-corrected chi connectivity index (χ2v) is 11.2. The number of hydrogen-bond acceptors (Lipinski definition) is 7. The first-order chi connectivity index (χ1) is 21.9. The summed E-state index contributed by atoms with van der Waals surface area (Å²) in [7, 11) is 0. The van der Waals surface area contributed by atoms with Crippen molar-refractivity contribution in [2.75, 3.05) is 18.1 Å². The third-order valence-corrected chi connectivity index (χ3v) is 8.34. The zero-order valence-electron chi connectivity index (χ0n) is 24.2. The highest BCUT2D eigenvalue weighted by molar-refractivity contribution is 5.98. The van der Waals surface area contributed by atoms with Gasteiger partial charge in [-0.1, -0.05) is 30.3 Å². The van der Waals surface area contributed by atoms with Gasteiger partial charge in [0.1, 0.15) is 35.4 Å². The average molecular weight is 637 g/mol. The van der Waals surface area contributed by atoms with Crippen LogP contribution < -0.4 is 14.4 Å². The molecule has 3 atom stereocenters. The number of halogens is 4. The van der Waals surface area contributed by atoms with Gasteiger partial charge in [0.25, 0.3) is 0 Å². The van der Waals surface area contributed by atoms with Crippen molar-refractivity contribution in [3.63, 3.8) is 0 Å². The van der Waals surface area contributed by atoms with Gasteiger partial charge in [0.15, 0.2) is 5.82 Å². The number of fused-ring (bicyclic) bond motifs is 3. The summed E-state index contributed by atoms with van der Waals surface area (Å²) >= 11 is 0. The molecule has 0 spiro atoms. The smallest absolute Gasteiger partial charge is 0.471 e. The molecular weight excluding hydrogens is 612 g/mol. The quantitative estimate of drug-likeness (QED) is 0.214. The molecule has 2 aliphatic rings. The number of carbonyl (C=O) groups excluding carboxylic acids is 1. The van der Waals surface area contributed by atoms with E-state index < -0.39 is 41.7 Å². The first kappa shape index (κ1) is 29.3. The maximum Gasteiger partial charge on any atom is 0.471 e. The lowest BCUT2D eigenvalue weighted by molar-refractivity contribution is -0.171. The first-order valence-electron chi connectivity index (χ1n) is 14.2. The molecule has 0 fully saturated rings. The standard InChI is InChI=1S/C32H24F4N4O6/c1-15-10-23(38-46-15)29-37-22-9-6-17(33)11-25(22)40(29)24-5-3-4-20-26(14-45-28(20)24)39(31(43)32(34,35)36)18-7-8-19-21(16(2)30(41)42)13-44-27(19)12-18/h3-12,16,21,26H,13-14H2,1-2H3,(H,41,42)/t16?,21-,26+/m0/s1. The van der Waals surface area contributed by atoms with Gasteiger partial charge in [-0.2, -0.15) is 13.2 Å². The number of anilines is 1. The molecular formula is C32H24F4N4O6. The summed E-state index contributed by atoms with van der Waals surface area (Å²) in [5.41, 5.74) is 2.14. The number of carboxylic acid groups (broad SMARTS) is 1. The highest BCUT2D eigenvalue weighted by Gasteiger charge is 2.48. The Bertz CT molecular complexity index is 2040. The van der Waals surface area contributed by atoms with Crippen molar-refractivity contribution in [1.82, 2.24) is 14.7 Å². The number of carboxylic acids is 1. The number of carbonyl (C=O) groups is 2. The molecule has 10 nitrogen and oxygen atoms in total. The van der Waals surface area contributed by atoms with Gasteiger partial charge >= 0.3 is 18.1 Å². The molecule has 0 saturated heterocycles. The first-order valence-corrected chi connectivity index (χ1v) is 14.2. The minimum absolute atomic E-state index is 0.0328. The Morgan fingerprint density at radius 3 is 2.57 bits per heavy atom. The molecule has 3 aromatic carbocycles. The summed E-state index contributed by atoms with van der Waals surface area (Å²) in [6, 6.07) is 13.4. The monoisotopic (exact) mass is 636 g/mol. The van der Waals surface area contributed by atoms with Crippen molar-refractivity contribution in [1.29, 1.82) is 0 Å². The molecule has 0 radical (unpaired) electrons. The lowest BCUT2D eigenvalue weighted by Crippen LogP contribution is -2.44. The van der Waals surface area contributed by atoms with Crippen molar-refractivity contribution in [2.24, 2.45) is 5.92 Å². The average Bonchev–Trinajstić information content (AvgIpc) is 3.81. The normalized spacial score (nSPS) is 17.7. The van der Waals surface area contributed by atoms with Crippen LogP contribution in [-0.4, -0.2) is 51.1 Å². The number of aliphatic carboxylic acids is 1. The van der Waals surface area contributed by atoms with Crippen LogP contribution in [0.25, 0.3) is 28.2 Å². The molecule has 5 aromatic rings. The van der Waals surface area contributed by atoms with Crippen LogP contribution in [0.3, 0.4) is 0 Å². The van der Waals surface area contributed by atoms with E-state index in [2.05, 4.69) is 10.1 Å². The number of para-hydroxylation sites is 1. The summed E-state index contributed by atoms with van der Waals surface area (Å²) in [4.78, 5) is 29.9. The molecule has 0 bridgehead atoms. The van der Waals surface area contributed by atoms with Crippen LogP contribution in [0.15, 0.2) is 65.2 Å². The molecule has 236 valence electrons. The van der Waals surface area contributed by atoms with Crippen molar-refractivity contribution in [3.8, 4) is 28.7 Å². The van der Waals surface area contributed by atoms with E-state index in [9.17, 15) is 32.3 Å². The van der Waals surface area contributed by atoms with Gasteiger partial charge in [-0.05, 0) is 31.2 Å². The summed E-state index contributed by atoms with van der Waals surface area (Å²) in [5.74, 6) is -3.86. The van der Waals surface area contributed by atoms with Crippen molar-refractivity contribution < 1.29 is 46.3 Å². The minimum Gasteiger partial charge on any atom is -0.493 e. The van der Waals surface area contributed by atoms with Gasteiger partial charge in [0, 0.05) is 40.9 Å². The van der Waals surface area contributed by atoms with Crippen LogP contribution in [0.4, 0.5) is 23.2 Å². The van der Waals surface area contributed by atoms with Gasteiger partial charge < -0.3 is 19.1 Å². The largest absolute Gasteiger partial charge is 0.493 e. The third-order valence-electron chi connectivity index (χ3n) is 8.34. The van der Waals surface area contributed by atoms with Gasteiger partial charge in [-0.25, -0.2) is 9.37 Å². The Hall–Kier alpha value is -5.40. The minimum atomic E-state index is -5.24. The fourth-order valence-corrected chi connectivity index (χ4v) is 6.07. The van der Waals surface area contributed by atoms with Crippen LogP contribution in [0.5, 0.6) is 11.5 Å². The maximum atomic E-state index is 14.5. The zero-order valence-corrected chi connectivity index (χ0v) is 24.2. The number of alkyl halides is 3. The molecule has 7 rings (SSSR count). The van der Waals surface area contributed by atoms with E-state index in [1.54, 1.807) is 35.8 Å². The highest BCUT2D eigenvalue weighted by Crippen LogP contribution is 2.47. The van der Waals surface area contributed by atoms with Gasteiger partial charge in [-0.3, -0.25) is 19.1 Å². The molecule has 1 unspecified atom stereocenters. The molecule has 14 heteroatoms. The molecule has 46 heavy (non-hydrogen) atoms. The van der Waals surface area contributed by atoms with Crippen molar-refractivity contribution >= 4 is 28.6 Å². The number of ether oxygens (including phenoxy) is 2. The van der Waals surface area contributed by atoms with Crippen LogP contribution in [0.2, 0.25) is 0 Å². The van der Waals surface area contributed by atoms with Crippen molar-refractivity contribution in [2.45, 2.75) is 32.0 Å². The second kappa shape index (κ2) is 10.6. The fourth-order valence-electron chi connectivity index (χ4n) is 6.07. The lowest BCUT2D eigenvalue weighted by atomic mass is 9.89. The summed E-state index contributed by atoms with van der Waals surface area (Å²) < 4.78 is 75.3. The Kier molecular flexibility index (Phi) is 6.76. The number of hydrogen-bond donors (Lipinski definition) is 1. The molecule has 1 amide bonds. The topological polar surface area (TPSA) is 120 Å². The molecule has 2 aromatic heterocycles. The number of benzene rings is 3. The zero-order chi connectivity index (χ0) is 32.5. The number of aryl methyl sites for hydroxylation is 1. The molecule has 0 aliphatic carbocycles. The fraction of sp³-hybridized carbons (Fsp3) is 0.250. The van der Waals surface area contributed by atoms with Crippen LogP contribution in [0.1, 0.15) is 35.8 Å². The van der Waals surface area contributed by atoms with Gasteiger partial charge in [-0.15, -0.1) is 0 Å². The van der Waals surface area contributed by atoms with E-state index >= 15 is 0 Å². The molecule has 0 saturated carbocycles. The highest BCUT2D eigenvalue weighted by atomic mass is 19.4. The predicted octanol–water partition coefficient (Wildman–Crippen LogP) is 6.35. The van der Waals surface area contributed by atoms with Crippen LogP contribution >= 0.6 is 0 Å². The Balaban J connectivity index is 1.36.